The van der Waals surface area contributed by atoms with E-state index in [9.17, 15) is 9.90 Å². The van der Waals surface area contributed by atoms with Crippen LogP contribution in [0.25, 0.3) is 0 Å². The second kappa shape index (κ2) is 10.8. The number of ether oxygens (including phenoxy) is 1. The number of rotatable bonds is 9. The standard InChI is InChI=1S/C29H52N2O3/c1-19(2)30-15-16-31-22-11-13-29(4)21(17-22)18-25(32)27-23-10-9-20(7-6-8-26(33)34-5)28(23,3)14-12-24(27)29/h19-25,27,30-32H,6-18H2,1-5H3/t20-,21+,22-,23?,24?,25+,27?,28+,29-/m0/s1. The minimum atomic E-state index is -0.136. The molecular formula is C29H52N2O3. The third-order valence-electron chi connectivity index (χ3n) is 11.2. The average molecular weight is 477 g/mol. The number of methoxy groups -OCH3 is 1. The molecule has 4 aliphatic carbocycles. The molecule has 5 heteroatoms. The van der Waals surface area contributed by atoms with Gasteiger partial charge in [0.2, 0.25) is 0 Å². The van der Waals surface area contributed by atoms with Gasteiger partial charge in [-0.05, 0) is 105 Å². The molecule has 4 rings (SSSR count). The van der Waals surface area contributed by atoms with Crippen molar-refractivity contribution in [3.05, 3.63) is 0 Å². The van der Waals surface area contributed by atoms with Gasteiger partial charge in [-0.25, -0.2) is 0 Å². The summed E-state index contributed by atoms with van der Waals surface area (Å²) in [5, 5.41) is 18.9. The Labute approximate surface area is 208 Å². The van der Waals surface area contributed by atoms with Crippen LogP contribution in [0.5, 0.6) is 0 Å². The van der Waals surface area contributed by atoms with Crippen molar-refractivity contribution in [1.29, 1.82) is 0 Å². The molecular weight excluding hydrogens is 424 g/mol. The van der Waals surface area contributed by atoms with Crippen molar-refractivity contribution < 1.29 is 14.6 Å². The number of esters is 1. The fourth-order valence-corrected chi connectivity index (χ4v) is 9.22. The van der Waals surface area contributed by atoms with Gasteiger partial charge in [-0.3, -0.25) is 4.79 Å². The van der Waals surface area contributed by atoms with E-state index in [1.807, 2.05) is 0 Å². The zero-order chi connectivity index (χ0) is 24.5. The number of hydrogen-bond acceptors (Lipinski definition) is 5. The minimum Gasteiger partial charge on any atom is -0.469 e. The number of hydrogen-bond donors (Lipinski definition) is 3. The van der Waals surface area contributed by atoms with Gasteiger partial charge in [-0.1, -0.05) is 27.7 Å². The van der Waals surface area contributed by atoms with Crippen LogP contribution in [0.1, 0.15) is 98.3 Å². The van der Waals surface area contributed by atoms with Crippen LogP contribution in [0.3, 0.4) is 0 Å². The van der Waals surface area contributed by atoms with Gasteiger partial charge in [0.15, 0.2) is 0 Å². The fraction of sp³-hybridized carbons (Fsp3) is 0.966. The number of fused-ring (bicyclic) bond motifs is 5. The Hall–Kier alpha value is -0.650. The Morgan fingerprint density at radius 3 is 2.50 bits per heavy atom. The summed E-state index contributed by atoms with van der Waals surface area (Å²) in [6.45, 7) is 11.6. The van der Waals surface area contributed by atoms with Crippen molar-refractivity contribution in [2.75, 3.05) is 20.2 Å². The maximum Gasteiger partial charge on any atom is 0.305 e. The minimum absolute atomic E-state index is 0.0774. The van der Waals surface area contributed by atoms with E-state index < -0.39 is 0 Å². The van der Waals surface area contributed by atoms with Gasteiger partial charge in [0, 0.05) is 31.6 Å². The molecule has 0 aromatic heterocycles. The summed E-state index contributed by atoms with van der Waals surface area (Å²) < 4.78 is 4.86. The van der Waals surface area contributed by atoms with Gasteiger partial charge in [0.05, 0.1) is 13.2 Å². The molecule has 0 aliphatic heterocycles. The van der Waals surface area contributed by atoms with Gasteiger partial charge >= 0.3 is 5.97 Å². The van der Waals surface area contributed by atoms with Crippen LogP contribution in [0.15, 0.2) is 0 Å². The van der Waals surface area contributed by atoms with Gasteiger partial charge < -0.3 is 20.5 Å². The van der Waals surface area contributed by atoms with Crippen molar-refractivity contribution >= 4 is 5.97 Å². The summed E-state index contributed by atoms with van der Waals surface area (Å²) in [6.07, 6.45) is 12.4. The van der Waals surface area contributed by atoms with E-state index in [-0.39, 0.29) is 12.1 Å². The number of carbonyl (C=O) groups is 1. The Morgan fingerprint density at radius 2 is 1.76 bits per heavy atom. The van der Waals surface area contributed by atoms with Crippen molar-refractivity contribution in [2.45, 2.75) is 117 Å². The summed E-state index contributed by atoms with van der Waals surface area (Å²) >= 11 is 0. The second-order valence-electron chi connectivity index (χ2n) is 13.1. The largest absolute Gasteiger partial charge is 0.469 e. The predicted molar refractivity (Wildman–Crippen MR) is 137 cm³/mol. The summed E-state index contributed by atoms with van der Waals surface area (Å²) in [4.78, 5) is 11.6. The van der Waals surface area contributed by atoms with E-state index in [1.54, 1.807) is 0 Å². The topological polar surface area (TPSA) is 70.6 Å². The van der Waals surface area contributed by atoms with Crippen LogP contribution in [0.2, 0.25) is 0 Å². The summed E-state index contributed by atoms with van der Waals surface area (Å²) in [6, 6.07) is 1.15. The van der Waals surface area contributed by atoms with E-state index in [0.717, 1.165) is 32.4 Å². The average Bonchev–Trinajstić information content (AvgIpc) is 3.13. The summed E-state index contributed by atoms with van der Waals surface area (Å²) in [5.41, 5.74) is 0.728. The second-order valence-corrected chi connectivity index (χ2v) is 13.1. The number of nitrogens with one attached hydrogen (secondary N) is 2. The Balaban J connectivity index is 1.38. The Bertz CT molecular complexity index is 699. The molecule has 0 amide bonds. The van der Waals surface area contributed by atoms with Crippen LogP contribution < -0.4 is 10.6 Å². The lowest BCUT2D eigenvalue weighted by molar-refractivity contribution is -0.165. The highest BCUT2D eigenvalue weighted by molar-refractivity contribution is 5.68. The molecule has 5 nitrogen and oxygen atoms in total. The van der Waals surface area contributed by atoms with E-state index in [1.165, 1.54) is 52.1 Å². The van der Waals surface area contributed by atoms with E-state index in [4.69, 9.17) is 4.74 Å². The van der Waals surface area contributed by atoms with E-state index >= 15 is 0 Å². The molecule has 0 bridgehead atoms. The van der Waals surface area contributed by atoms with Crippen LogP contribution in [0, 0.1) is 40.4 Å². The smallest absolute Gasteiger partial charge is 0.305 e. The molecule has 0 aromatic rings. The van der Waals surface area contributed by atoms with Crippen molar-refractivity contribution in [1.82, 2.24) is 10.6 Å². The highest BCUT2D eigenvalue weighted by atomic mass is 16.5. The van der Waals surface area contributed by atoms with Gasteiger partial charge in [0.25, 0.3) is 0 Å². The molecule has 3 N–H and O–H groups in total. The first-order chi connectivity index (χ1) is 16.2. The summed E-state index contributed by atoms with van der Waals surface area (Å²) in [7, 11) is 1.49. The van der Waals surface area contributed by atoms with Gasteiger partial charge in [0.1, 0.15) is 0 Å². The monoisotopic (exact) mass is 476 g/mol. The molecule has 9 atom stereocenters. The zero-order valence-electron chi connectivity index (χ0n) is 22.6. The maximum atomic E-state index is 11.6. The quantitative estimate of drug-likeness (QED) is 0.326. The molecule has 0 saturated heterocycles. The number of carbonyl (C=O) groups excluding carboxylic acids is 1. The van der Waals surface area contributed by atoms with Crippen molar-refractivity contribution in [3.63, 3.8) is 0 Å². The van der Waals surface area contributed by atoms with Crippen LogP contribution in [-0.2, 0) is 9.53 Å². The lowest BCUT2D eigenvalue weighted by Gasteiger charge is -2.62. The Kier molecular flexibility index (Phi) is 8.36. The third-order valence-corrected chi connectivity index (χ3v) is 11.2. The van der Waals surface area contributed by atoms with Crippen LogP contribution in [-0.4, -0.2) is 49.5 Å². The van der Waals surface area contributed by atoms with Crippen LogP contribution in [0.4, 0.5) is 0 Å². The molecule has 4 fully saturated rings. The van der Waals surface area contributed by atoms with Gasteiger partial charge in [-0.2, -0.15) is 0 Å². The molecule has 34 heavy (non-hydrogen) atoms. The molecule has 196 valence electrons. The molecule has 4 saturated carbocycles. The maximum absolute atomic E-state index is 11.6. The molecule has 0 aromatic carbocycles. The van der Waals surface area contributed by atoms with Gasteiger partial charge in [-0.15, -0.1) is 0 Å². The number of aliphatic hydroxyl groups excluding tert-OH is 1. The first-order valence-electron chi connectivity index (χ1n) is 14.4. The molecule has 0 radical (unpaired) electrons. The SMILES string of the molecule is COC(=O)CCC[C@H]1CCC2C3C(CC[C@@]21C)[C@@]1(C)CC[C@H](NCCNC(C)C)C[C@@H]1C[C@H]3O. The first-order valence-corrected chi connectivity index (χ1v) is 14.4. The van der Waals surface area contributed by atoms with Crippen LogP contribution >= 0.6 is 0 Å². The van der Waals surface area contributed by atoms with E-state index in [2.05, 4.69) is 38.3 Å². The van der Waals surface area contributed by atoms with Crippen molar-refractivity contribution in [3.8, 4) is 0 Å². The Morgan fingerprint density at radius 1 is 1.03 bits per heavy atom. The highest BCUT2D eigenvalue weighted by Gasteiger charge is 2.62. The first kappa shape index (κ1) is 26.4. The third kappa shape index (κ3) is 5.09. The lowest BCUT2D eigenvalue weighted by atomic mass is 9.44. The zero-order valence-corrected chi connectivity index (χ0v) is 22.6. The molecule has 3 unspecified atom stereocenters. The highest BCUT2D eigenvalue weighted by Crippen LogP contribution is 2.67. The molecule has 0 spiro atoms. The lowest BCUT2D eigenvalue weighted by Crippen LogP contribution is -2.59. The molecule has 0 heterocycles. The normalized spacial score (nSPS) is 43.8. The fourth-order valence-electron chi connectivity index (χ4n) is 9.22. The van der Waals surface area contributed by atoms with E-state index in [0.29, 0.717) is 58.9 Å². The predicted octanol–water partition coefficient (Wildman–Crippen LogP) is 4.92. The molecule has 4 aliphatic rings. The number of aliphatic hydroxyl groups is 1. The van der Waals surface area contributed by atoms with Crippen molar-refractivity contribution in [2.24, 2.45) is 40.4 Å². The summed E-state index contributed by atoms with van der Waals surface area (Å²) in [5.74, 6) is 3.07.